The summed E-state index contributed by atoms with van der Waals surface area (Å²) < 4.78 is 63.9. The van der Waals surface area contributed by atoms with Crippen LogP contribution in [-0.2, 0) is 16.2 Å². The molecule has 0 aliphatic heterocycles. The second-order valence-electron chi connectivity index (χ2n) is 4.58. The third-order valence-corrected chi connectivity index (χ3v) is 5.12. The molecule has 114 valence electrons. The van der Waals surface area contributed by atoms with E-state index in [0.29, 0.717) is 6.07 Å². The van der Waals surface area contributed by atoms with Gasteiger partial charge in [0.2, 0.25) is 10.0 Å². The number of benzene rings is 1. The number of hydrogen-bond donors (Lipinski definition) is 1. The van der Waals surface area contributed by atoms with Crippen molar-refractivity contribution in [2.75, 3.05) is 13.6 Å². The minimum absolute atomic E-state index is 0.0222. The number of alkyl halides is 3. The molecule has 1 aromatic carbocycles. The Bertz CT molecular complexity index is 585. The van der Waals surface area contributed by atoms with Gasteiger partial charge in [0, 0.05) is 19.6 Å². The largest absolute Gasteiger partial charge is 0.416 e. The summed E-state index contributed by atoms with van der Waals surface area (Å²) in [7, 11) is -2.70. The lowest BCUT2D eigenvalue weighted by Crippen LogP contribution is -2.39. The van der Waals surface area contributed by atoms with Crippen molar-refractivity contribution >= 4 is 10.0 Å². The van der Waals surface area contributed by atoms with Gasteiger partial charge in [-0.2, -0.15) is 17.5 Å². The Labute approximate surface area is 116 Å². The van der Waals surface area contributed by atoms with E-state index in [2.05, 4.69) is 0 Å². The fourth-order valence-electron chi connectivity index (χ4n) is 1.62. The summed E-state index contributed by atoms with van der Waals surface area (Å²) in [6, 6.07) is 2.47. The Hall–Kier alpha value is -1.12. The molecule has 1 aromatic rings. The summed E-state index contributed by atoms with van der Waals surface area (Å²) in [6.07, 6.45) is -4.59. The molecule has 0 bridgehead atoms. The van der Waals surface area contributed by atoms with Gasteiger partial charge < -0.3 is 5.73 Å². The van der Waals surface area contributed by atoms with Crippen molar-refractivity contribution in [3.8, 4) is 0 Å². The van der Waals surface area contributed by atoms with E-state index >= 15 is 0 Å². The molecule has 1 unspecified atom stereocenters. The summed E-state index contributed by atoms with van der Waals surface area (Å²) in [6.45, 7) is 2.94. The van der Waals surface area contributed by atoms with Crippen molar-refractivity contribution in [3.05, 3.63) is 29.3 Å². The zero-order chi connectivity index (χ0) is 15.7. The molecule has 8 heteroatoms. The molecule has 0 amide bonds. The first kappa shape index (κ1) is 16.9. The van der Waals surface area contributed by atoms with Crippen LogP contribution in [0.5, 0.6) is 0 Å². The first-order valence-electron chi connectivity index (χ1n) is 5.87. The summed E-state index contributed by atoms with van der Waals surface area (Å²) in [5.41, 5.74) is 4.41. The van der Waals surface area contributed by atoms with Crippen molar-refractivity contribution in [3.63, 3.8) is 0 Å². The van der Waals surface area contributed by atoms with E-state index in [1.165, 1.54) is 20.0 Å². The molecular formula is C12H17F3N2O2S. The van der Waals surface area contributed by atoms with E-state index in [-0.39, 0.29) is 12.1 Å². The number of likely N-dealkylation sites (N-methyl/N-ethyl adjacent to an activating group) is 1. The first-order chi connectivity index (χ1) is 9.01. The van der Waals surface area contributed by atoms with Gasteiger partial charge in [0.05, 0.1) is 10.5 Å². The van der Waals surface area contributed by atoms with Crippen molar-refractivity contribution < 1.29 is 21.6 Å². The van der Waals surface area contributed by atoms with Crippen molar-refractivity contribution in [2.24, 2.45) is 5.73 Å². The highest BCUT2D eigenvalue weighted by molar-refractivity contribution is 7.89. The minimum Gasteiger partial charge on any atom is -0.329 e. The Kier molecular flexibility index (Phi) is 4.83. The normalized spacial score (nSPS) is 14.6. The molecule has 0 aliphatic rings. The Morgan fingerprint density at radius 3 is 2.35 bits per heavy atom. The fourth-order valence-corrected chi connectivity index (χ4v) is 3.02. The third kappa shape index (κ3) is 3.31. The number of rotatable bonds is 4. The highest BCUT2D eigenvalue weighted by Crippen LogP contribution is 2.33. The number of hydrogen-bond acceptors (Lipinski definition) is 3. The Morgan fingerprint density at radius 1 is 1.35 bits per heavy atom. The van der Waals surface area contributed by atoms with Crippen molar-refractivity contribution in [1.29, 1.82) is 0 Å². The standard InChI is InChI=1S/C12H17F3N2O2S/c1-8-4-5-10(6-11(8)12(13,14)15)20(18,19)17(3)9(2)7-16/h4-6,9H,7,16H2,1-3H3. The molecule has 0 aromatic heterocycles. The first-order valence-corrected chi connectivity index (χ1v) is 7.31. The van der Waals surface area contributed by atoms with Crippen LogP contribution in [0.4, 0.5) is 13.2 Å². The summed E-state index contributed by atoms with van der Waals surface area (Å²) in [5, 5.41) is 0. The van der Waals surface area contributed by atoms with Crippen molar-refractivity contribution in [2.45, 2.75) is 31.0 Å². The predicted octanol–water partition coefficient (Wildman–Crippen LogP) is 1.98. The minimum atomic E-state index is -4.59. The van der Waals surface area contributed by atoms with Gasteiger partial charge in [-0.15, -0.1) is 0 Å². The SMILES string of the molecule is Cc1ccc(S(=O)(=O)N(C)C(C)CN)cc1C(F)(F)F. The lowest BCUT2D eigenvalue weighted by atomic mass is 10.1. The van der Waals surface area contributed by atoms with Crippen LogP contribution >= 0.6 is 0 Å². The monoisotopic (exact) mass is 310 g/mol. The number of nitrogens with zero attached hydrogens (tertiary/aromatic N) is 1. The number of sulfonamides is 1. The molecule has 0 fully saturated rings. The van der Waals surface area contributed by atoms with Crippen LogP contribution in [0.3, 0.4) is 0 Å². The lowest BCUT2D eigenvalue weighted by molar-refractivity contribution is -0.138. The molecule has 2 N–H and O–H groups in total. The molecule has 0 aliphatic carbocycles. The highest BCUT2D eigenvalue weighted by Gasteiger charge is 2.34. The van der Waals surface area contributed by atoms with E-state index in [1.807, 2.05) is 0 Å². The third-order valence-electron chi connectivity index (χ3n) is 3.15. The molecule has 1 rings (SSSR count). The van der Waals surface area contributed by atoms with Crippen LogP contribution in [0.15, 0.2) is 23.1 Å². The van der Waals surface area contributed by atoms with E-state index in [4.69, 9.17) is 5.73 Å². The van der Waals surface area contributed by atoms with E-state index < -0.39 is 32.7 Å². The van der Waals surface area contributed by atoms with E-state index in [1.54, 1.807) is 6.92 Å². The predicted molar refractivity (Wildman–Crippen MR) is 69.6 cm³/mol. The van der Waals surface area contributed by atoms with Crippen LogP contribution in [0, 0.1) is 6.92 Å². The number of halogens is 3. The topological polar surface area (TPSA) is 63.4 Å². The molecule has 4 nitrogen and oxygen atoms in total. The Balaban J connectivity index is 3.34. The van der Waals surface area contributed by atoms with Gasteiger partial charge in [0.25, 0.3) is 0 Å². The molecule has 0 radical (unpaired) electrons. The molecule has 0 saturated heterocycles. The van der Waals surface area contributed by atoms with Gasteiger partial charge in [-0.1, -0.05) is 6.07 Å². The second-order valence-corrected chi connectivity index (χ2v) is 6.58. The molecular weight excluding hydrogens is 293 g/mol. The number of nitrogens with two attached hydrogens (primary N) is 1. The van der Waals surface area contributed by atoms with Gasteiger partial charge in [-0.25, -0.2) is 8.42 Å². The molecule has 0 spiro atoms. The van der Waals surface area contributed by atoms with Gasteiger partial charge in [0.15, 0.2) is 0 Å². The van der Waals surface area contributed by atoms with E-state index in [0.717, 1.165) is 10.4 Å². The van der Waals surface area contributed by atoms with Gasteiger partial charge >= 0.3 is 6.18 Å². The number of aryl methyl sites for hydroxylation is 1. The second kappa shape index (κ2) is 5.71. The average molecular weight is 310 g/mol. The summed E-state index contributed by atoms with van der Waals surface area (Å²) in [5.74, 6) is 0. The van der Waals surface area contributed by atoms with Gasteiger partial charge in [-0.05, 0) is 31.5 Å². The summed E-state index contributed by atoms with van der Waals surface area (Å²) in [4.78, 5) is -0.391. The maximum atomic E-state index is 12.8. The van der Waals surface area contributed by atoms with Crippen LogP contribution in [0.25, 0.3) is 0 Å². The van der Waals surface area contributed by atoms with Crippen LogP contribution in [-0.4, -0.2) is 32.4 Å². The zero-order valence-electron chi connectivity index (χ0n) is 11.4. The van der Waals surface area contributed by atoms with Crippen LogP contribution in [0.2, 0.25) is 0 Å². The molecule has 1 atom stereocenters. The smallest absolute Gasteiger partial charge is 0.329 e. The van der Waals surface area contributed by atoms with Gasteiger partial charge in [-0.3, -0.25) is 0 Å². The quantitative estimate of drug-likeness (QED) is 0.925. The average Bonchev–Trinajstić information content (AvgIpc) is 2.35. The van der Waals surface area contributed by atoms with E-state index in [9.17, 15) is 21.6 Å². The highest BCUT2D eigenvalue weighted by atomic mass is 32.2. The summed E-state index contributed by atoms with van der Waals surface area (Å²) >= 11 is 0. The van der Waals surface area contributed by atoms with Crippen LogP contribution in [0.1, 0.15) is 18.1 Å². The molecule has 0 saturated carbocycles. The molecule has 0 heterocycles. The van der Waals surface area contributed by atoms with Crippen LogP contribution < -0.4 is 5.73 Å². The van der Waals surface area contributed by atoms with Crippen molar-refractivity contribution in [1.82, 2.24) is 4.31 Å². The maximum Gasteiger partial charge on any atom is 0.416 e. The maximum absolute atomic E-state index is 12.8. The fraction of sp³-hybridized carbons (Fsp3) is 0.500. The zero-order valence-corrected chi connectivity index (χ0v) is 12.2. The Morgan fingerprint density at radius 2 is 1.90 bits per heavy atom. The molecule has 20 heavy (non-hydrogen) atoms. The lowest BCUT2D eigenvalue weighted by Gasteiger charge is -2.23. The van der Waals surface area contributed by atoms with Gasteiger partial charge in [0.1, 0.15) is 0 Å².